The molecule has 22 heavy (non-hydrogen) atoms. The summed E-state index contributed by atoms with van der Waals surface area (Å²) in [6.07, 6.45) is 3.28. The average Bonchev–Trinajstić information content (AvgIpc) is 2.53. The van der Waals surface area contributed by atoms with Crippen LogP contribution in [0.5, 0.6) is 0 Å². The maximum atomic E-state index is 11.9. The lowest BCUT2D eigenvalue weighted by atomic mass is 10.0. The van der Waals surface area contributed by atoms with E-state index in [0.29, 0.717) is 18.2 Å². The molecule has 1 heterocycles. The number of hydrogen-bond acceptors (Lipinski definition) is 3. The van der Waals surface area contributed by atoms with Crippen molar-refractivity contribution in [2.24, 2.45) is 5.92 Å². The van der Waals surface area contributed by atoms with Crippen molar-refractivity contribution in [3.8, 4) is 0 Å². The van der Waals surface area contributed by atoms with Crippen LogP contribution in [-0.4, -0.2) is 23.6 Å². The van der Waals surface area contributed by atoms with Gasteiger partial charge in [0.1, 0.15) is 0 Å². The molecule has 2 aromatic rings. The van der Waals surface area contributed by atoms with Crippen LogP contribution in [0.15, 0.2) is 54.9 Å². The highest BCUT2D eigenvalue weighted by atomic mass is 16.2. The van der Waals surface area contributed by atoms with Crippen LogP contribution in [0.25, 0.3) is 0 Å². The Hall–Kier alpha value is -2.56. The Morgan fingerprint density at radius 3 is 2.45 bits per heavy atom. The minimum Gasteiger partial charge on any atom is -0.380 e. The van der Waals surface area contributed by atoms with Gasteiger partial charge in [0.05, 0.1) is 11.9 Å². The zero-order valence-electron chi connectivity index (χ0n) is 12.9. The van der Waals surface area contributed by atoms with Crippen LogP contribution >= 0.6 is 0 Å². The number of urea groups is 1. The van der Waals surface area contributed by atoms with E-state index >= 15 is 0 Å². The number of anilines is 2. The lowest BCUT2D eigenvalue weighted by Crippen LogP contribution is -2.41. The second-order valence-electron chi connectivity index (χ2n) is 5.44. The molecule has 116 valence electrons. The van der Waals surface area contributed by atoms with E-state index in [2.05, 4.69) is 34.8 Å². The van der Waals surface area contributed by atoms with Gasteiger partial charge in [-0.3, -0.25) is 4.98 Å². The molecule has 0 aliphatic carbocycles. The topological polar surface area (TPSA) is 66.0 Å². The van der Waals surface area contributed by atoms with E-state index in [1.165, 1.54) is 0 Å². The first-order chi connectivity index (χ1) is 10.6. The number of carbonyl (C=O) groups is 1. The Bertz CT molecular complexity index is 572. The summed E-state index contributed by atoms with van der Waals surface area (Å²) in [5, 5.41) is 9.10. The van der Waals surface area contributed by atoms with Crippen LogP contribution in [0, 0.1) is 5.92 Å². The first kappa shape index (κ1) is 15.8. The number of amides is 2. The van der Waals surface area contributed by atoms with Gasteiger partial charge in [0.2, 0.25) is 0 Å². The monoisotopic (exact) mass is 298 g/mol. The van der Waals surface area contributed by atoms with Crippen molar-refractivity contribution in [2.75, 3.05) is 17.2 Å². The third-order valence-electron chi connectivity index (χ3n) is 3.33. The molecule has 1 aromatic carbocycles. The van der Waals surface area contributed by atoms with Gasteiger partial charge in [-0.15, -0.1) is 0 Å². The van der Waals surface area contributed by atoms with Crippen molar-refractivity contribution in [1.82, 2.24) is 10.3 Å². The Morgan fingerprint density at radius 2 is 1.82 bits per heavy atom. The number of rotatable bonds is 6. The first-order valence-corrected chi connectivity index (χ1v) is 7.41. The molecule has 1 atom stereocenters. The summed E-state index contributed by atoms with van der Waals surface area (Å²) in [7, 11) is 0. The zero-order valence-corrected chi connectivity index (χ0v) is 12.9. The molecule has 5 nitrogen and oxygen atoms in total. The molecule has 3 N–H and O–H groups in total. The predicted octanol–water partition coefficient (Wildman–Crippen LogP) is 3.34. The highest BCUT2D eigenvalue weighted by molar-refractivity contribution is 5.88. The van der Waals surface area contributed by atoms with Crippen LogP contribution in [0.2, 0.25) is 0 Å². The highest BCUT2D eigenvalue weighted by Crippen LogP contribution is 2.12. The third-order valence-corrected chi connectivity index (χ3v) is 3.33. The summed E-state index contributed by atoms with van der Waals surface area (Å²) in [6.45, 7) is 4.79. The lowest BCUT2D eigenvalue weighted by Gasteiger charge is -2.24. The molecule has 0 aliphatic rings. The molecule has 0 spiro atoms. The van der Waals surface area contributed by atoms with Crippen molar-refractivity contribution in [2.45, 2.75) is 19.9 Å². The second kappa shape index (κ2) is 8.02. The number of benzene rings is 1. The molecule has 0 aliphatic heterocycles. The Balaban J connectivity index is 1.85. The van der Waals surface area contributed by atoms with Crippen molar-refractivity contribution < 1.29 is 4.79 Å². The summed E-state index contributed by atoms with van der Waals surface area (Å²) in [5.74, 6) is 0.388. The van der Waals surface area contributed by atoms with Crippen LogP contribution in [-0.2, 0) is 0 Å². The fourth-order valence-electron chi connectivity index (χ4n) is 2.02. The van der Waals surface area contributed by atoms with Crippen molar-refractivity contribution in [1.29, 1.82) is 0 Å². The van der Waals surface area contributed by atoms with Gasteiger partial charge in [-0.05, 0) is 30.2 Å². The van der Waals surface area contributed by atoms with Crippen LogP contribution in [0.3, 0.4) is 0 Å². The summed E-state index contributed by atoms with van der Waals surface area (Å²) in [4.78, 5) is 15.9. The molecule has 1 aromatic heterocycles. The maximum Gasteiger partial charge on any atom is 0.319 e. The SMILES string of the molecule is CC(C)[C@@H](CNC(=O)Nc1cccnc1)Nc1ccccc1. The Morgan fingerprint density at radius 1 is 1.09 bits per heavy atom. The van der Waals surface area contributed by atoms with E-state index in [0.717, 1.165) is 5.69 Å². The zero-order chi connectivity index (χ0) is 15.8. The lowest BCUT2D eigenvalue weighted by molar-refractivity contribution is 0.251. The molecule has 0 bridgehead atoms. The van der Waals surface area contributed by atoms with Gasteiger partial charge in [0.15, 0.2) is 0 Å². The van der Waals surface area contributed by atoms with Gasteiger partial charge in [-0.2, -0.15) is 0 Å². The number of aromatic nitrogens is 1. The predicted molar refractivity (Wildman–Crippen MR) is 89.9 cm³/mol. The number of para-hydroxylation sites is 1. The van der Waals surface area contributed by atoms with E-state index < -0.39 is 0 Å². The Kier molecular flexibility index (Phi) is 5.77. The fourth-order valence-corrected chi connectivity index (χ4v) is 2.02. The maximum absolute atomic E-state index is 11.9. The molecule has 2 amide bonds. The Labute approximate surface area is 131 Å². The summed E-state index contributed by atoms with van der Waals surface area (Å²) >= 11 is 0. The molecular formula is C17H22N4O. The molecule has 5 heteroatoms. The van der Waals surface area contributed by atoms with Crippen molar-refractivity contribution in [3.05, 3.63) is 54.9 Å². The molecule has 0 saturated heterocycles. The minimum absolute atomic E-state index is 0.155. The summed E-state index contributed by atoms with van der Waals surface area (Å²) < 4.78 is 0. The number of hydrogen-bond donors (Lipinski definition) is 3. The van der Waals surface area contributed by atoms with Crippen LogP contribution < -0.4 is 16.0 Å². The van der Waals surface area contributed by atoms with Gasteiger partial charge in [0.25, 0.3) is 0 Å². The standard InChI is InChI=1S/C17H22N4O/c1-13(2)16(20-14-7-4-3-5-8-14)12-19-17(22)21-15-9-6-10-18-11-15/h3-11,13,16,20H,12H2,1-2H3,(H2,19,21,22)/t16-/m1/s1. The van der Waals surface area contributed by atoms with E-state index in [1.54, 1.807) is 24.5 Å². The van der Waals surface area contributed by atoms with Crippen molar-refractivity contribution >= 4 is 17.4 Å². The molecule has 0 saturated carbocycles. The van der Waals surface area contributed by atoms with Gasteiger partial charge >= 0.3 is 6.03 Å². The molecular weight excluding hydrogens is 276 g/mol. The van der Waals surface area contributed by atoms with Crippen LogP contribution in [0.4, 0.5) is 16.2 Å². The molecule has 2 rings (SSSR count). The average molecular weight is 298 g/mol. The van der Waals surface area contributed by atoms with Gasteiger partial charge < -0.3 is 16.0 Å². The van der Waals surface area contributed by atoms with Gasteiger partial charge in [-0.1, -0.05) is 32.0 Å². The van der Waals surface area contributed by atoms with E-state index in [4.69, 9.17) is 0 Å². The third kappa shape index (κ3) is 5.09. The number of carbonyl (C=O) groups excluding carboxylic acids is 1. The second-order valence-corrected chi connectivity index (χ2v) is 5.44. The van der Waals surface area contributed by atoms with E-state index in [1.807, 2.05) is 30.3 Å². The molecule has 0 radical (unpaired) electrons. The van der Waals surface area contributed by atoms with E-state index in [-0.39, 0.29) is 12.1 Å². The fraction of sp³-hybridized carbons (Fsp3) is 0.294. The van der Waals surface area contributed by atoms with Crippen LogP contribution in [0.1, 0.15) is 13.8 Å². The summed E-state index contributed by atoms with van der Waals surface area (Å²) in [6, 6.07) is 13.5. The van der Waals surface area contributed by atoms with Gasteiger partial charge in [0, 0.05) is 24.5 Å². The smallest absolute Gasteiger partial charge is 0.319 e. The quantitative estimate of drug-likeness (QED) is 0.766. The largest absolute Gasteiger partial charge is 0.380 e. The minimum atomic E-state index is -0.228. The molecule has 0 unspecified atom stereocenters. The molecule has 0 fully saturated rings. The first-order valence-electron chi connectivity index (χ1n) is 7.41. The normalized spacial score (nSPS) is 11.8. The number of pyridine rings is 1. The summed E-state index contributed by atoms with van der Waals surface area (Å²) in [5.41, 5.74) is 1.73. The van der Waals surface area contributed by atoms with E-state index in [9.17, 15) is 4.79 Å². The number of nitrogens with zero attached hydrogens (tertiary/aromatic N) is 1. The van der Waals surface area contributed by atoms with Crippen molar-refractivity contribution in [3.63, 3.8) is 0 Å². The number of nitrogens with one attached hydrogen (secondary N) is 3. The highest BCUT2D eigenvalue weighted by Gasteiger charge is 2.14. The van der Waals surface area contributed by atoms with Gasteiger partial charge in [-0.25, -0.2) is 4.79 Å².